The van der Waals surface area contributed by atoms with E-state index in [1.165, 1.54) is 25.7 Å². The van der Waals surface area contributed by atoms with E-state index < -0.39 is 12.1 Å². The molecule has 1 N–H and O–H groups in total. The van der Waals surface area contributed by atoms with Crippen LogP contribution in [0.3, 0.4) is 0 Å². The van der Waals surface area contributed by atoms with Gasteiger partial charge in [-0.25, -0.2) is 9.59 Å². The number of benzene rings is 2. The van der Waals surface area contributed by atoms with Gasteiger partial charge >= 0.3 is 12.1 Å². The Morgan fingerprint density at radius 2 is 1.68 bits per heavy atom. The molecule has 1 unspecified atom stereocenters. The number of nitrogens with zero attached hydrogens (tertiary/aromatic N) is 1. The van der Waals surface area contributed by atoms with Crippen LogP contribution in [0.25, 0.3) is 0 Å². The van der Waals surface area contributed by atoms with Crippen molar-refractivity contribution in [3.8, 4) is 11.5 Å². The van der Waals surface area contributed by atoms with E-state index in [-0.39, 0.29) is 6.09 Å². The summed E-state index contributed by atoms with van der Waals surface area (Å²) in [5.41, 5.74) is 3.90. The lowest BCUT2D eigenvalue weighted by Crippen LogP contribution is -2.38. The van der Waals surface area contributed by atoms with E-state index in [0.29, 0.717) is 50.1 Å². The van der Waals surface area contributed by atoms with Gasteiger partial charge in [-0.15, -0.1) is 0 Å². The van der Waals surface area contributed by atoms with Crippen LogP contribution in [0, 0.1) is 26.7 Å². The molecule has 0 aliphatic heterocycles. The van der Waals surface area contributed by atoms with Gasteiger partial charge < -0.3 is 24.2 Å². The Hall–Kier alpha value is -3.06. The summed E-state index contributed by atoms with van der Waals surface area (Å²) in [4.78, 5) is 26.3. The normalized spacial score (nSPS) is 14.4. The second-order valence-corrected chi connectivity index (χ2v) is 10.0. The Balaban J connectivity index is 1.59. The van der Waals surface area contributed by atoms with Crippen LogP contribution in [0.1, 0.15) is 61.3 Å². The van der Waals surface area contributed by atoms with Gasteiger partial charge in [-0.1, -0.05) is 55.5 Å². The molecular formula is C30H41NO6. The van der Waals surface area contributed by atoms with Crippen molar-refractivity contribution >= 4 is 12.1 Å². The van der Waals surface area contributed by atoms with Gasteiger partial charge in [0.25, 0.3) is 0 Å². The number of ether oxygens (including phenoxy) is 3. The monoisotopic (exact) mass is 511 g/mol. The minimum absolute atomic E-state index is 0.294. The molecule has 0 heterocycles. The predicted octanol–water partition coefficient (Wildman–Crippen LogP) is 6.10. The van der Waals surface area contributed by atoms with Crippen molar-refractivity contribution in [3.05, 3.63) is 58.7 Å². The molecule has 202 valence electrons. The number of carboxylic acids is 1. The lowest BCUT2D eigenvalue weighted by Gasteiger charge is -2.24. The highest BCUT2D eigenvalue weighted by Gasteiger charge is 2.22. The van der Waals surface area contributed by atoms with E-state index >= 15 is 0 Å². The Bertz CT molecular complexity index is 1010. The molecule has 1 amide bonds. The van der Waals surface area contributed by atoms with E-state index in [0.717, 1.165) is 28.7 Å². The molecule has 1 atom stereocenters. The summed E-state index contributed by atoms with van der Waals surface area (Å²) in [7, 11) is 0. The van der Waals surface area contributed by atoms with Gasteiger partial charge in [0, 0.05) is 19.6 Å². The standard InChI is InChI=1S/C30H41NO6/c1-5-35-27(29(32)33)20-25-10-12-26(13-11-25)36-17-16-31(15-14-24-8-6-7-9-24)30(34)37-28-22(3)18-21(2)19-23(28)4/h10-13,18-19,24,27H,5-9,14-17,20H2,1-4H3,(H,32,33). The van der Waals surface area contributed by atoms with Gasteiger partial charge in [-0.3, -0.25) is 0 Å². The third-order valence-electron chi connectivity index (χ3n) is 6.95. The first kappa shape index (κ1) is 28.5. The van der Waals surface area contributed by atoms with E-state index in [1.807, 2.05) is 57.2 Å². The lowest BCUT2D eigenvalue weighted by molar-refractivity contribution is -0.149. The van der Waals surface area contributed by atoms with Gasteiger partial charge in [0.2, 0.25) is 0 Å². The minimum atomic E-state index is -0.970. The molecule has 0 aromatic heterocycles. The fourth-order valence-electron chi connectivity index (χ4n) is 5.04. The van der Waals surface area contributed by atoms with Crippen LogP contribution in [0.2, 0.25) is 0 Å². The summed E-state index contributed by atoms with van der Waals surface area (Å²) in [6.07, 6.45) is 5.06. The fraction of sp³-hybridized carbons (Fsp3) is 0.533. The van der Waals surface area contributed by atoms with E-state index in [9.17, 15) is 14.7 Å². The first-order valence-electron chi connectivity index (χ1n) is 13.4. The van der Waals surface area contributed by atoms with E-state index in [4.69, 9.17) is 14.2 Å². The van der Waals surface area contributed by atoms with E-state index in [1.54, 1.807) is 11.8 Å². The third-order valence-corrected chi connectivity index (χ3v) is 6.95. The lowest BCUT2D eigenvalue weighted by atomic mass is 10.0. The van der Waals surface area contributed by atoms with Crippen LogP contribution in [0.15, 0.2) is 36.4 Å². The van der Waals surface area contributed by atoms with Gasteiger partial charge in [-0.05, 0) is 68.9 Å². The number of hydrogen-bond donors (Lipinski definition) is 1. The maximum atomic E-state index is 13.2. The molecule has 1 aliphatic carbocycles. The van der Waals surface area contributed by atoms with Crippen molar-refractivity contribution in [2.24, 2.45) is 5.92 Å². The van der Waals surface area contributed by atoms with E-state index in [2.05, 4.69) is 0 Å². The number of carbonyl (C=O) groups excluding carboxylic acids is 1. The predicted molar refractivity (Wildman–Crippen MR) is 144 cm³/mol. The van der Waals surface area contributed by atoms with Crippen LogP contribution in [0.4, 0.5) is 4.79 Å². The number of carbonyl (C=O) groups is 2. The largest absolute Gasteiger partial charge is 0.492 e. The molecular weight excluding hydrogens is 470 g/mol. The Labute approximate surface area is 220 Å². The van der Waals surface area contributed by atoms with Crippen molar-refractivity contribution < 1.29 is 28.9 Å². The van der Waals surface area contributed by atoms with Gasteiger partial charge in [0.05, 0.1) is 6.54 Å². The summed E-state index contributed by atoms with van der Waals surface area (Å²) in [6, 6.07) is 11.4. The highest BCUT2D eigenvalue weighted by molar-refractivity contribution is 5.73. The molecule has 2 aromatic rings. The number of carboxylic acid groups (broad SMARTS) is 1. The molecule has 7 nitrogen and oxygen atoms in total. The van der Waals surface area contributed by atoms with Crippen LogP contribution in [-0.4, -0.2) is 54.5 Å². The molecule has 1 saturated carbocycles. The molecule has 0 bridgehead atoms. The quantitative estimate of drug-likeness (QED) is 0.350. The molecule has 0 radical (unpaired) electrons. The molecule has 2 aromatic carbocycles. The van der Waals surface area contributed by atoms with Crippen molar-refractivity contribution in [3.63, 3.8) is 0 Å². The Morgan fingerprint density at radius 3 is 2.27 bits per heavy atom. The summed E-state index contributed by atoms with van der Waals surface area (Å²) < 4.78 is 17.1. The molecule has 0 spiro atoms. The highest BCUT2D eigenvalue weighted by atomic mass is 16.6. The van der Waals surface area contributed by atoms with Crippen molar-refractivity contribution in [1.82, 2.24) is 4.90 Å². The van der Waals surface area contributed by atoms with Crippen LogP contribution in [0.5, 0.6) is 11.5 Å². The first-order chi connectivity index (χ1) is 17.8. The zero-order valence-electron chi connectivity index (χ0n) is 22.6. The Morgan fingerprint density at radius 1 is 1.03 bits per heavy atom. The second kappa shape index (κ2) is 14.0. The number of aryl methyl sites for hydroxylation is 3. The summed E-state index contributed by atoms with van der Waals surface area (Å²) in [5.74, 6) is 0.992. The van der Waals surface area contributed by atoms with Gasteiger partial charge in [0.1, 0.15) is 18.1 Å². The van der Waals surface area contributed by atoms with Crippen molar-refractivity contribution in [2.45, 2.75) is 72.3 Å². The topological polar surface area (TPSA) is 85.3 Å². The molecule has 0 saturated heterocycles. The summed E-state index contributed by atoms with van der Waals surface area (Å²) >= 11 is 0. The number of rotatable bonds is 13. The Kier molecular flexibility index (Phi) is 10.8. The average Bonchev–Trinajstić information content (AvgIpc) is 3.37. The zero-order valence-corrected chi connectivity index (χ0v) is 22.6. The summed E-state index contributed by atoms with van der Waals surface area (Å²) in [5, 5.41) is 9.29. The minimum Gasteiger partial charge on any atom is -0.492 e. The van der Waals surface area contributed by atoms with Gasteiger partial charge in [0.15, 0.2) is 6.10 Å². The highest BCUT2D eigenvalue weighted by Crippen LogP contribution is 2.28. The molecule has 1 fully saturated rings. The first-order valence-corrected chi connectivity index (χ1v) is 13.4. The van der Waals surface area contributed by atoms with Crippen LogP contribution < -0.4 is 9.47 Å². The number of hydrogen-bond acceptors (Lipinski definition) is 5. The molecule has 37 heavy (non-hydrogen) atoms. The third kappa shape index (κ3) is 8.78. The summed E-state index contributed by atoms with van der Waals surface area (Å²) in [6.45, 7) is 9.49. The number of amides is 1. The van der Waals surface area contributed by atoms with Crippen molar-refractivity contribution in [2.75, 3.05) is 26.3 Å². The fourth-order valence-corrected chi connectivity index (χ4v) is 5.04. The molecule has 3 rings (SSSR count). The second-order valence-electron chi connectivity index (χ2n) is 10.0. The van der Waals surface area contributed by atoms with Crippen molar-refractivity contribution in [1.29, 1.82) is 0 Å². The SMILES string of the molecule is CCOC(Cc1ccc(OCCN(CCC2CCCC2)C(=O)Oc2c(C)cc(C)cc2C)cc1)C(=O)O. The van der Waals surface area contributed by atoms with Crippen LogP contribution >= 0.6 is 0 Å². The molecule has 1 aliphatic rings. The molecule has 7 heteroatoms. The zero-order chi connectivity index (χ0) is 26.8. The van der Waals surface area contributed by atoms with Crippen LogP contribution in [-0.2, 0) is 16.0 Å². The average molecular weight is 512 g/mol. The smallest absolute Gasteiger partial charge is 0.415 e. The van der Waals surface area contributed by atoms with Gasteiger partial charge in [-0.2, -0.15) is 0 Å². The maximum absolute atomic E-state index is 13.2. The number of aliphatic carboxylic acids is 1. The maximum Gasteiger partial charge on any atom is 0.415 e.